The van der Waals surface area contributed by atoms with Crippen LogP contribution in [0.3, 0.4) is 0 Å². The Morgan fingerprint density at radius 1 is 0.414 bits per heavy atom. The number of thioether (sulfide) groups is 4. The molecular formula is C25H12S4. The van der Waals surface area contributed by atoms with Crippen molar-refractivity contribution in [3.05, 3.63) is 95.1 Å². The quantitative estimate of drug-likeness (QED) is 0.268. The zero-order valence-corrected chi connectivity index (χ0v) is 18.3. The summed E-state index contributed by atoms with van der Waals surface area (Å²) in [6.07, 6.45) is 0. The van der Waals surface area contributed by atoms with E-state index in [1.54, 1.807) is 0 Å². The van der Waals surface area contributed by atoms with Crippen LogP contribution in [-0.2, 0) is 0 Å². The second kappa shape index (κ2) is 5.30. The van der Waals surface area contributed by atoms with Crippen LogP contribution in [0.1, 0.15) is 22.3 Å². The molecular weight excluding hydrogens is 429 g/mol. The number of hydrogen-bond acceptors (Lipinski definition) is 4. The number of rotatable bonds is 0. The zero-order chi connectivity index (χ0) is 18.7. The maximum atomic E-state index is 2.31. The fourth-order valence-electron chi connectivity index (χ4n) is 4.96. The smallest absolute Gasteiger partial charge is 0.0835 e. The number of hydrogen-bond donors (Lipinski definition) is 0. The van der Waals surface area contributed by atoms with Gasteiger partial charge in [-0.05, 0) is 43.8 Å². The highest BCUT2D eigenvalue weighted by Gasteiger charge is 2.52. The van der Waals surface area contributed by atoms with Gasteiger partial charge in [0.25, 0.3) is 0 Å². The predicted molar refractivity (Wildman–Crippen MR) is 135 cm³/mol. The van der Waals surface area contributed by atoms with E-state index in [-0.39, 0.29) is 2.74 Å². The average molecular weight is 441 g/mol. The molecule has 0 bridgehead atoms. The minimum Gasteiger partial charge on any atom is -0.0835 e. The topological polar surface area (TPSA) is 0 Å². The van der Waals surface area contributed by atoms with Gasteiger partial charge in [-0.3, -0.25) is 0 Å². The molecule has 0 aromatic heterocycles. The van der Waals surface area contributed by atoms with Gasteiger partial charge in [-0.15, -0.1) is 0 Å². The minimum absolute atomic E-state index is 0.0563. The highest BCUT2D eigenvalue weighted by Crippen LogP contribution is 2.80. The lowest BCUT2D eigenvalue weighted by Gasteiger charge is -2.24. The van der Waals surface area contributed by atoms with Gasteiger partial charge in [0, 0.05) is 19.6 Å². The van der Waals surface area contributed by atoms with E-state index in [0.29, 0.717) is 0 Å². The second-order valence-electron chi connectivity index (χ2n) is 7.64. The van der Waals surface area contributed by atoms with Crippen LogP contribution in [0.2, 0.25) is 0 Å². The van der Waals surface area contributed by atoms with E-state index in [9.17, 15) is 0 Å². The molecule has 4 heteroatoms. The summed E-state index contributed by atoms with van der Waals surface area (Å²) in [7, 11) is 0. The van der Waals surface area contributed by atoms with E-state index in [1.807, 2.05) is 0 Å². The molecule has 4 aromatic carbocycles. The van der Waals surface area contributed by atoms with Crippen LogP contribution < -0.4 is 0 Å². The Bertz CT molecular complexity index is 1290. The Hall–Kier alpha value is -1.72. The molecule has 0 radical (unpaired) electrons. The van der Waals surface area contributed by atoms with Crippen LogP contribution >= 0.6 is 47.0 Å². The summed E-state index contributed by atoms with van der Waals surface area (Å²) in [5, 5.41) is 5.60. The first-order chi connectivity index (χ1) is 14.3. The van der Waals surface area contributed by atoms with Crippen LogP contribution in [0.4, 0.5) is 0 Å². The van der Waals surface area contributed by atoms with Gasteiger partial charge in [0.2, 0.25) is 0 Å². The molecule has 0 nitrogen and oxygen atoms in total. The second-order valence-corrected chi connectivity index (χ2v) is 14.1. The zero-order valence-electron chi connectivity index (χ0n) is 15.1. The van der Waals surface area contributed by atoms with Crippen LogP contribution in [-0.4, -0.2) is 2.74 Å². The molecule has 29 heavy (non-hydrogen) atoms. The van der Waals surface area contributed by atoms with Crippen molar-refractivity contribution in [2.75, 3.05) is 0 Å². The first-order valence-electron chi connectivity index (χ1n) is 9.61. The summed E-state index contributed by atoms with van der Waals surface area (Å²) in [4.78, 5) is 5.92. The van der Waals surface area contributed by atoms with Gasteiger partial charge in [-0.25, -0.2) is 0 Å². The molecule has 0 saturated heterocycles. The van der Waals surface area contributed by atoms with Crippen molar-refractivity contribution in [2.24, 2.45) is 0 Å². The predicted octanol–water partition coefficient (Wildman–Crippen LogP) is 8.54. The SMILES string of the molecule is c1cc2c3c(cccc3c1)C1=C2SC2(S1)SC1=C(S2)c2cccc3cccc1c23. The molecule has 0 unspecified atom stereocenters. The highest BCUT2D eigenvalue weighted by atomic mass is 32.3. The minimum atomic E-state index is 0.0563. The first-order valence-corrected chi connectivity index (χ1v) is 12.9. The summed E-state index contributed by atoms with van der Waals surface area (Å²) in [6, 6.07) is 27.0. The summed E-state index contributed by atoms with van der Waals surface area (Å²) >= 11 is 8.27. The van der Waals surface area contributed by atoms with Crippen molar-refractivity contribution in [3.8, 4) is 0 Å². The molecule has 4 aromatic rings. The molecule has 0 saturated carbocycles. The van der Waals surface area contributed by atoms with E-state index >= 15 is 0 Å². The Morgan fingerprint density at radius 2 is 0.724 bits per heavy atom. The van der Waals surface area contributed by atoms with E-state index < -0.39 is 0 Å². The van der Waals surface area contributed by atoms with Gasteiger partial charge in [0.1, 0.15) is 0 Å². The van der Waals surface area contributed by atoms with Crippen LogP contribution in [0.25, 0.3) is 41.2 Å². The average Bonchev–Trinajstić information content (AvgIpc) is 3.46. The molecule has 0 N–H and O–H groups in total. The van der Waals surface area contributed by atoms with Crippen LogP contribution in [0, 0.1) is 0 Å². The Morgan fingerprint density at radius 3 is 1.03 bits per heavy atom. The molecule has 0 amide bonds. The molecule has 2 heterocycles. The van der Waals surface area contributed by atoms with E-state index in [4.69, 9.17) is 0 Å². The molecule has 4 aliphatic rings. The largest absolute Gasteiger partial charge is 0.171 e. The molecule has 2 aliphatic heterocycles. The lowest BCUT2D eigenvalue weighted by Crippen LogP contribution is -2.03. The standard InChI is InChI=1S/C25H12S4/c1-5-13-6-2-10-16-19(13)15(9-1)21-22(16)27-25(26-21)28-23-17-11-3-7-14-8-4-12-18(20(14)17)24(23)29-25/h1-12H. The van der Waals surface area contributed by atoms with Crippen molar-refractivity contribution < 1.29 is 0 Å². The first kappa shape index (κ1) is 16.0. The maximum Gasteiger partial charge on any atom is 0.171 e. The van der Waals surface area contributed by atoms with E-state index in [2.05, 4.69) is 120 Å². The van der Waals surface area contributed by atoms with Crippen molar-refractivity contribution in [2.45, 2.75) is 2.74 Å². The number of benzene rings is 4. The third kappa shape index (κ3) is 1.90. The van der Waals surface area contributed by atoms with Gasteiger partial charge in [0.15, 0.2) is 2.74 Å². The lowest BCUT2D eigenvalue weighted by atomic mass is 10.0. The third-order valence-electron chi connectivity index (χ3n) is 6.11. The highest BCUT2D eigenvalue weighted by molar-refractivity contribution is 8.58. The van der Waals surface area contributed by atoms with Gasteiger partial charge < -0.3 is 0 Å². The molecule has 8 rings (SSSR count). The van der Waals surface area contributed by atoms with E-state index in [1.165, 1.54) is 63.4 Å². The fraction of sp³-hybridized carbons (Fsp3) is 0.0400. The van der Waals surface area contributed by atoms with Gasteiger partial charge in [-0.1, -0.05) is 120 Å². The van der Waals surface area contributed by atoms with Crippen molar-refractivity contribution in [3.63, 3.8) is 0 Å². The summed E-state index contributed by atoms with van der Waals surface area (Å²) in [6.45, 7) is 0. The van der Waals surface area contributed by atoms with E-state index in [0.717, 1.165) is 0 Å². The monoisotopic (exact) mass is 440 g/mol. The molecule has 136 valence electrons. The number of fused-ring (bicyclic) bond motifs is 4. The molecule has 0 atom stereocenters. The summed E-state index contributed by atoms with van der Waals surface area (Å²) in [5.41, 5.74) is 5.72. The van der Waals surface area contributed by atoms with Crippen molar-refractivity contribution >= 4 is 88.2 Å². The third-order valence-corrected chi connectivity index (χ3v) is 12.9. The summed E-state index contributed by atoms with van der Waals surface area (Å²) in [5.74, 6) is 0. The molecule has 0 fully saturated rings. The molecule has 1 spiro atoms. The summed E-state index contributed by atoms with van der Waals surface area (Å²) < 4.78 is 0.0563. The maximum absolute atomic E-state index is 2.31. The van der Waals surface area contributed by atoms with Gasteiger partial charge in [0.05, 0.1) is 0 Å². The van der Waals surface area contributed by atoms with Crippen LogP contribution in [0.15, 0.2) is 72.8 Å². The Kier molecular flexibility index (Phi) is 2.93. The molecule has 2 aliphatic carbocycles. The van der Waals surface area contributed by atoms with Crippen molar-refractivity contribution in [1.82, 2.24) is 0 Å². The van der Waals surface area contributed by atoms with Crippen LogP contribution in [0.5, 0.6) is 0 Å². The lowest BCUT2D eigenvalue weighted by molar-refractivity contribution is 1.71. The van der Waals surface area contributed by atoms with Gasteiger partial charge in [-0.2, -0.15) is 0 Å². The Labute approximate surface area is 185 Å². The fourth-order valence-corrected chi connectivity index (χ4v) is 12.4. The Balaban J connectivity index is 1.24. The van der Waals surface area contributed by atoms with Crippen molar-refractivity contribution in [1.29, 1.82) is 0 Å². The normalized spacial score (nSPS) is 19.9. The van der Waals surface area contributed by atoms with Gasteiger partial charge >= 0.3 is 0 Å².